The Bertz CT molecular complexity index is 1400. The van der Waals surface area contributed by atoms with Crippen LogP contribution in [0.4, 0.5) is 0 Å². The largest absolute Gasteiger partial charge is 0.339 e. The van der Waals surface area contributed by atoms with Crippen molar-refractivity contribution in [3.8, 4) is 0 Å². The van der Waals surface area contributed by atoms with Crippen LogP contribution in [0.15, 0.2) is 35.5 Å². The van der Waals surface area contributed by atoms with Gasteiger partial charge >= 0.3 is 0 Å². The Morgan fingerprint density at radius 1 is 1.09 bits per heavy atom. The molecule has 35 heavy (non-hydrogen) atoms. The van der Waals surface area contributed by atoms with Crippen molar-refractivity contribution in [3.05, 3.63) is 64.5 Å². The molecule has 3 aromatic heterocycles. The summed E-state index contributed by atoms with van der Waals surface area (Å²) in [5.74, 6) is 3.94. The van der Waals surface area contributed by atoms with Crippen LogP contribution < -0.4 is 0 Å². The predicted molar refractivity (Wildman–Crippen MR) is 132 cm³/mol. The number of rotatable bonds is 5. The first kappa shape index (κ1) is 22.2. The van der Waals surface area contributed by atoms with Gasteiger partial charge in [0, 0.05) is 54.7 Å². The summed E-state index contributed by atoms with van der Waals surface area (Å²) in [5, 5.41) is 14.1. The third-order valence-electron chi connectivity index (χ3n) is 6.99. The molecule has 1 fully saturated rings. The molecule has 0 atom stereocenters. The first-order valence-corrected chi connectivity index (χ1v) is 13.2. The van der Waals surface area contributed by atoms with Gasteiger partial charge in [0.15, 0.2) is 0 Å². The lowest BCUT2D eigenvalue weighted by Crippen LogP contribution is -2.38. The summed E-state index contributed by atoms with van der Waals surface area (Å²) < 4.78 is 4.06. The zero-order valence-corrected chi connectivity index (χ0v) is 20.8. The molecular formula is C25H28N8OS. The van der Waals surface area contributed by atoms with Crippen LogP contribution in [0.2, 0.25) is 0 Å². The zero-order chi connectivity index (χ0) is 23.9. The highest BCUT2D eigenvalue weighted by atomic mass is 32.2. The molecule has 0 radical (unpaired) electrons. The number of likely N-dealkylation sites (tertiary alicyclic amines) is 1. The number of aromatic nitrogens is 7. The molecule has 0 bridgehead atoms. The molecule has 1 saturated heterocycles. The smallest absolute Gasteiger partial charge is 0.254 e. The number of hydrogen-bond donors (Lipinski definition) is 0. The van der Waals surface area contributed by atoms with Crippen LogP contribution in [-0.4, -0.2) is 58.2 Å². The van der Waals surface area contributed by atoms with Crippen molar-refractivity contribution in [2.45, 2.75) is 62.9 Å². The van der Waals surface area contributed by atoms with Crippen molar-refractivity contribution in [2.75, 3.05) is 13.1 Å². The lowest BCUT2D eigenvalue weighted by Gasteiger charge is -2.32. The SMILES string of the molecule is Cc1cc(C)n2nc(SCc3ccccc3C(=O)N3CCC(c4nnc5n4CCC5)CC3)nc2n1. The molecule has 180 valence electrons. The maximum absolute atomic E-state index is 13.5. The van der Waals surface area contributed by atoms with Crippen LogP contribution >= 0.6 is 11.8 Å². The number of thioether (sulfide) groups is 1. The Morgan fingerprint density at radius 3 is 2.77 bits per heavy atom. The van der Waals surface area contributed by atoms with E-state index in [-0.39, 0.29) is 5.91 Å². The minimum absolute atomic E-state index is 0.0993. The number of benzene rings is 1. The third-order valence-corrected chi connectivity index (χ3v) is 7.88. The van der Waals surface area contributed by atoms with Crippen LogP contribution in [0.1, 0.15) is 64.1 Å². The molecule has 0 N–H and O–H groups in total. The molecular weight excluding hydrogens is 460 g/mol. The van der Waals surface area contributed by atoms with Crippen molar-refractivity contribution in [1.29, 1.82) is 0 Å². The summed E-state index contributed by atoms with van der Waals surface area (Å²) in [6.07, 6.45) is 4.04. The number of nitrogens with zero attached hydrogens (tertiary/aromatic N) is 8. The van der Waals surface area contributed by atoms with Gasteiger partial charge in [-0.1, -0.05) is 30.0 Å². The van der Waals surface area contributed by atoms with Crippen molar-refractivity contribution in [2.24, 2.45) is 0 Å². The van der Waals surface area contributed by atoms with Crippen molar-refractivity contribution >= 4 is 23.4 Å². The van der Waals surface area contributed by atoms with Crippen LogP contribution in [0.5, 0.6) is 0 Å². The molecule has 1 aromatic carbocycles. The van der Waals surface area contributed by atoms with Crippen molar-refractivity contribution < 1.29 is 4.79 Å². The Labute approximate surface area is 208 Å². The van der Waals surface area contributed by atoms with Gasteiger partial charge in [-0.2, -0.15) is 4.98 Å². The number of piperidine rings is 1. The molecule has 10 heteroatoms. The van der Waals surface area contributed by atoms with Gasteiger partial charge in [0.05, 0.1) is 0 Å². The second-order valence-corrected chi connectivity index (χ2v) is 10.3. The highest BCUT2D eigenvalue weighted by Crippen LogP contribution is 2.31. The molecule has 0 spiro atoms. The van der Waals surface area contributed by atoms with E-state index in [1.807, 2.05) is 49.1 Å². The van der Waals surface area contributed by atoms with Gasteiger partial charge in [-0.15, -0.1) is 15.3 Å². The number of fused-ring (bicyclic) bond motifs is 2. The topological polar surface area (TPSA) is 94.1 Å². The molecule has 2 aliphatic rings. The molecule has 5 heterocycles. The van der Waals surface area contributed by atoms with Crippen LogP contribution in [0.25, 0.3) is 5.78 Å². The average Bonchev–Trinajstić information content (AvgIpc) is 3.59. The van der Waals surface area contributed by atoms with Gasteiger partial charge in [-0.05, 0) is 50.8 Å². The summed E-state index contributed by atoms with van der Waals surface area (Å²) in [7, 11) is 0. The highest BCUT2D eigenvalue weighted by molar-refractivity contribution is 7.98. The summed E-state index contributed by atoms with van der Waals surface area (Å²) in [4.78, 5) is 24.5. The van der Waals surface area contributed by atoms with E-state index in [1.54, 1.807) is 4.52 Å². The quantitative estimate of drug-likeness (QED) is 0.396. The first-order chi connectivity index (χ1) is 17.1. The minimum atomic E-state index is 0.0993. The lowest BCUT2D eigenvalue weighted by atomic mass is 9.95. The normalized spacial score (nSPS) is 16.2. The standard InChI is InChI=1S/C25H28N8OS/c1-16-14-17(2)33-24(26-16)27-25(30-33)35-15-19-6-3-4-7-20(19)23(34)31-12-9-18(10-13-31)22-29-28-21-8-5-11-32(21)22/h3-4,6-7,14,18H,5,8-13,15H2,1-2H3. The summed E-state index contributed by atoms with van der Waals surface area (Å²) in [6.45, 7) is 6.46. The molecule has 6 rings (SSSR count). The molecule has 9 nitrogen and oxygen atoms in total. The number of carbonyl (C=O) groups excluding carboxylic acids is 1. The predicted octanol–water partition coefficient (Wildman–Crippen LogP) is 3.59. The summed E-state index contributed by atoms with van der Waals surface area (Å²) in [5.41, 5.74) is 3.68. The second-order valence-electron chi connectivity index (χ2n) is 9.39. The van der Waals surface area contributed by atoms with Crippen LogP contribution in [0.3, 0.4) is 0 Å². The van der Waals surface area contributed by atoms with Gasteiger partial charge in [0.1, 0.15) is 11.6 Å². The van der Waals surface area contributed by atoms with Crippen LogP contribution in [0, 0.1) is 13.8 Å². The van der Waals surface area contributed by atoms with Gasteiger partial charge in [0.2, 0.25) is 5.16 Å². The van der Waals surface area contributed by atoms with Crippen LogP contribution in [-0.2, 0) is 18.7 Å². The van der Waals surface area contributed by atoms with Gasteiger partial charge in [-0.3, -0.25) is 4.79 Å². The first-order valence-electron chi connectivity index (χ1n) is 12.2. The maximum atomic E-state index is 13.5. The Hall–Kier alpha value is -3.27. The monoisotopic (exact) mass is 488 g/mol. The zero-order valence-electron chi connectivity index (χ0n) is 20.0. The van der Waals surface area contributed by atoms with E-state index >= 15 is 0 Å². The van der Waals surface area contributed by atoms with Crippen molar-refractivity contribution in [3.63, 3.8) is 0 Å². The van der Waals surface area contributed by atoms with E-state index < -0.39 is 0 Å². The number of carbonyl (C=O) groups is 1. The molecule has 2 aliphatic heterocycles. The van der Waals surface area contributed by atoms with E-state index in [4.69, 9.17) is 0 Å². The Balaban J connectivity index is 1.13. The van der Waals surface area contributed by atoms with E-state index in [0.717, 1.165) is 79.5 Å². The minimum Gasteiger partial charge on any atom is -0.339 e. The summed E-state index contributed by atoms with van der Waals surface area (Å²) in [6, 6.07) is 9.87. The summed E-state index contributed by atoms with van der Waals surface area (Å²) >= 11 is 1.53. The fourth-order valence-corrected chi connectivity index (χ4v) is 6.01. The van der Waals surface area contributed by atoms with E-state index in [1.165, 1.54) is 11.8 Å². The van der Waals surface area contributed by atoms with Gasteiger partial charge in [0.25, 0.3) is 11.7 Å². The molecule has 0 aliphatic carbocycles. The average molecular weight is 489 g/mol. The Morgan fingerprint density at radius 2 is 1.91 bits per heavy atom. The fourth-order valence-electron chi connectivity index (χ4n) is 5.19. The highest BCUT2D eigenvalue weighted by Gasteiger charge is 2.30. The van der Waals surface area contributed by atoms with E-state index in [0.29, 0.717) is 22.6 Å². The molecule has 1 amide bonds. The molecule has 0 unspecified atom stereocenters. The molecule has 4 aromatic rings. The third kappa shape index (κ3) is 4.20. The van der Waals surface area contributed by atoms with Gasteiger partial charge < -0.3 is 9.47 Å². The fraction of sp³-hybridized carbons (Fsp3) is 0.440. The molecule has 0 saturated carbocycles. The number of aryl methyl sites for hydroxylation is 3. The van der Waals surface area contributed by atoms with E-state index in [9.17, 15) is 4.79 Å². The van der Waals surface area contributed by atoms with Crippen molar-refractivity contribution in [1.82, 2.24) is 39.2 Å². The Kier molecular flexibility index (Phi) is 5.75. The maximum Gasteiger partial charge on any atom is 0.254 e. The number of hydrogen-bond acceptors (Lipinski definition) is 7. The van der Waals surface area contributed by atoms with Gasteiger partial charge in [-0.25, -0.2) is 9.50 Å². The number of amides is 1. The lowest BCUT2D eigenvalue weighted by molar-refractivity contribution is 0.0709. The van der Waals surface area contributed by atoms with E-state index in [2.05, 4.69) is 29.8 Å². The second kappa shape index (κ2) is 9.07.